The third-order valence-electron chi connectivity index (χ3n) is 4.78. The van der Waals surface area contributed by atoms with E-state index in [1.807, 2.05) is 53.2 Å². The van der Waals surface area contributed by atoms with E-state index in [0.717, 1.165) is 29.3 Å². The number of likely N-dealkylation sites (tertiary alicyclic amines) is 1. The highest BCUT2D eigenvalue weighted by atomic mass is 16.2. The molecular weight excluding hydrogens is 316 g/mol. The van der Waals surface area contributed by atoms with Gasteiger partial charge in [0.1, 0.15) is 5.56 Å². The van der Waals surface area contributed by atoms with E-state index in [1.165, 1.54) is 0 Å². The van der Waals surface area contributed by atoms with Gasteiger partial charge in [-0.2, -0.15) is 5.10 Å². The summed E-state index contributed by atoms with van der Waals surface area (Å²) in [5.74, 6) is -0.196. The van der Waals surface area contributed by atoms with Crippen LogP contribution in [0, 0.1) is 6.92 Å². The number of hydrogen-bond acceptors (Lipinski definition) is 3. The Hall–Kier alpha value is -2.89. The number of fused-ring (bicyclic) bond motifs is 1. The number of aryl methyl sites for hydroxylation is 1. The molecule has 6 nitrogen and oxygen atoms in total. The molecular formula is C19H20N4O2. The molecule has 1 atom stereocenters. The molecule has 0 saturated carbocycles. The first-order chi connectivity index (χ1) is 12.1. The lowest BCUT2D eigenvalue weighted by atomic mass is 10.1. The maximum Gasteiger partial charge on any atom is 0.261 e. The number of carbonyl (C=O) groups is 1. The monoisotopic (exact) mass is 336 g/mol. The topological polar surface area (TPSA) is 71.0 Å². The first-order valence-corrected chi connectivity index (χ1v) is 8.54. The molecule has 25 heavy (non-hydrogen) atoms. The highest BCUT2D eigenvalue weighted by Gasteiger charge is 2.31. The van der Waals surface area contributed by atoms with E-state index in [0.29, 0.717) is 13.1 Å². The van der Waals surface area contributed by atoms with Crippen LogP contribution in [-0.4, -0.2) is 38.2 Å². The van der Waals surface area contributed by atoms with E-state index in [-0.39, 0.29) is 23.1 Å². The first kappa shape index (κ1) is 15.6. The van der Waals surface area contributed by atoms with Gasteiger partial charge in [0.25, 0.3) is 11.5 Å². The van der Waals surface area contributed by atoms with Crippen LogP contribution in [0.5, 0.6) is 0 Å². The van der Waals surface area contributed by atoms with E-state index < -0.39 is 0 Å². The Kier molecular flexibility index (Phi) is 3.87. The Morgan fingerprint density at radius 2 is 2.20 bits per heavy atom. The van der Waals surface area contributed by atoms with Gasteiger partial charge in [0.2, 0.25) is 0 Å². The molecule has 6 heteroatoms. The summed E-state index contributed by atoms with van der Waals surface area (Å²) in [5, 5.41) is 5.18. The quantitative estimate of drug-likeness (QED) is 0.798. The van der Waals surface area contributed by atoms with Crippen LogP contribution in [0.15, 0.2) is 47.5 Å². The smallest absolute Gasteiger partial charge is 0.261 e. The average molecular weight is 336 g/mol. The zero-order chi connectivity index (χ0) is 17.4. The van der Waals surface area contributed by atoms with Crippen molar-refractivity contribution in [2.75, 3.05) is 6.54 Å². The second-order valence-electron chi connectivity index (χ2n) is 6.63. The molecule has 0 radical (unpaired) electrons. The third kappa shape index (κ3) is 2.95. The molecule has 3 heterocycles. The van der Waals surface area contributed by atoms with Gasteiger partial charge in [0.05, 0.1) is 18.8 Å². The minimum Gasteiger partial charge on any atom is -0.334 e. The Morgan fingerprint density at radius 1 is 1.36 bits per heavy atom. The summed E-state index contributed by atoms with van der Waals surface area (Å²) in [5.41, 5.74) is 1.72. The Balaban J connectivity index is 1.63. The van der Waals surface area contributed by atoms with E-state index >= 15 is 0 Å². The zero-order valence-corrected chi connectivity index (χ0v) is 14.1. The molecule has 1 N–H and O–H groups in total. The van der Waals surface area contributed by atoms with Crippen LogP contribution < -0.4 is 5.56 Å². The van der Waals surface area contributed by atoms with Crippen molar-refractivity contribution in [3.05, 3.63) is 64.2 Å². The summed E-state index contributed by atoms with van der Waals surface area (Å²) in [4.78, 5) is 30.0. The second kappa shape index (κ2) is 6.20. The van der Waals surface area contributed by atoms with Gasteiger partial charge < -0.3 is 9.88 Å². The molecule has 0 aliphatic carbocycles. The molecule has 2 aromatic heterocycles. The minimum atomic E-state index is -0.329. The fourth-order valence-electron chi connectivity index (χ4n) is 3.54. The number of hydrogen-bond donors (Lipinski definition) is 1. The van der Waals surface area contributed by atoms with Gasteiger partial charge in [-0.15, -0.1) is 0 Å². The van der Waals surface area contributed by atoms with Crippen molar-refractivity contribution >= 4 is 16.8 Å². The summed E-state index contributed by atoms with van der Waals surface area (Å²) in [6, 6.07) is 9.26. The predicted molar refractivity (Wildman–Crippen MR) is 95.6 cm³/mol. The molecule has 1 aliphatic rings. The largest absolute Gasteiger partial charge is 0.334 e. The lowest BCUT2D eigenvalue weighted by molar-refractivity contribution is 0.0720. The molecule has 1 aromatic carbocycles. The van der Waals surface area contributed by atoms with E-state index in [9.17, 15) is 9.59 Å². The molecule has 0 unspecified atom stereocenters. The second-order valence-corrected chi connectivity index (χ2v) is 6.63. The van der Waals surface area contributed by atoms with Crippen LogP contribution in [0.3, 0.4) is 0 Å². The van der Waals surface area contributed by atoms with Gasteiger partial charge in [-0.25, -0.2) is 0 Å². The van der Waals surface area contributed by atoms with Crippen LogP contribution in [0.4, 0.5) is 0 Å². The van der Waals surface area contributed by atoms with Crippen molar-refractivity contribution < 1.29 is 4.79 Å². The van der Waals surface area contributed by atoms with Gasteiger partial charge >= 0.3 is 0 Å². The summed E-state index contributed by atoms with van der Waals surface area (Å²) in [6.45, 7) is 3.33. The maximum atomic E-state index is 13.0. The molecule has 1 fully saturated rings. The van der Waals surface area contributed by atoms with Crippen molar-refractivity contribution in [2.24, 2.45) is 0 Å². The number of aromatic amines is 1. The van der Waals surface area contributed by atoms with Gasteiger partial charge in [-0.1, -0.05) is 18.2 Å². The summed E-state index contributed by atoms with van der Waals surface area (Å²) in [6.07, 6.45) is 5.66. The molecule has 1 saturated heterocycles. The van der Waals surface area contributed by atoms with E-state index in [4.69, 9.17) is 0 Å². The SMILES string of the molecule is Cc1cnn(C[C@H]2CCCN2C(=O)c2cc3ccccc3[nH]c2=O)c1. The number of pyridine rings is 1. The average Bonchev–Trinajstić information content (AvgIpc) is 3.23. The lowest BCUT2D eigenvalue weighted by Crippen LogP contribution is -2.40. The molecule has 1 amide bonds. The zero-order valence-electron chi connectivity index (χ0n) is 14.1. The number of H-pyrrole nitrogens is 1. The highest BCUT2D eigenvalue weighted by molar-refractivity contribution is 5.97. The van der Waals surface area contributed by atoms with Crippen LogP contribution in [-0.2, 0) is 6.54 Å². The molecule has 3 aromatic rings. The number of nitrogens with one attached hydrogen (secondary N) is 1. The molecule has 1 aliphatic heterocycles. The number of para-hydroxylation sites is 1. The van der Waals surface area contributed by atoms with E-state index in [2.05, 4.69) is 10.1 Å². The van der Waals surface area contributed by atoms with Gasteiger partial charge in [-0.3, -0.25) is 14.3 Å². The van der Waals surface area contributed by atoms with Gasteiger partial charge in [-0.05, 0) is 42.8 Å². The summed E-state index contributed by atoms with van der Waals surface area (Å²) in [7, 11) is 0. The third-order valence-corrected chi connectivity index (χ3v) is 4.78. The predicted octanol–water partition coefficient (Wildman–Crippen LogP) is 2.34. The van der Waals surface area contributed by atoms with E-state index in [1.54, 1.807) is 6.07 Å². The lowest BCUT2D eigenvalue weighted by Gasteiger charge is -2.24. The van der Waals surface area contributed by atoms with Crippen LogP contribution in [0.25, 0.3) is 10.9 Å². The van der Waals surface area contributed by atoms with Crippen molar-refractivity contribution in [2.45, 2.75) is 32.4 Å². The molecule has 0 bridgehead atoms. The number of benzene rings is 1. The van der Waals surface area contributed by atoms with Gasteiger partial charge in [0, 0.05) is 18.3 Å². The maximum absolute atomic E-state index is 13.0. The first-order valence-electron chi connectivity index (χ1n) is 8.54. The normalized spacial score (nSPS) is 17.3. The Morgan fingerprint density at radius 3 is 3.00 bits per heavy atom. The molecule has 128 valence electrons. The standard InChI is InChI=1S/C19H20N4O2/c1-13-10-20-22(11-13)12-15-6-4-8-23(15)19(25)16-9-14-5-2-3-7-17(14)21-18(16)24/h2-3,5,7,9-11,15H,4,6,8,12H2,1H3,(H,21,24)/t15-/m1/s1. The number of aromatic nitrogens is 3. The summed E-state index contributed by atoms with van der Waals surface area (Å²) >= 11 is 0. The number of carbonyl (C=O) groups excluding carboxylic acids is 1. The molecule has 0 spiro atoms. The van der Waals surface area contributed by atoms with Crippen LogP contribution >= 0.6 is 0 Å². The van der Waals surface area contributed by atoms with Gasteiger partial charge in [0.15, 0.2) is 0 Å². The summed E-state index contributed by atoms with van der Waals surface area (Å²) < 4.78 is 1.87. The van der Waals surface area contributed by atoms with Crippen LogP contribution in [0.2, 0.25) is 0 Å². The number of amides is 1. The number of nitrogens with zero attached hydrogens (tertiary/aromatic N) is 3. The van der Waals surface area contributed by atoms with Crippen molar-refractivity contribution in [3.63, 3.8) is 0 Å². The molecule has 4 rings (SSSR count). The highest BCUT2D eigenvalue weighted by Crippen LogP contribution is 2.21. The van der Waals surface area contributed by atoms with Crippen LogP contribution in [0.1, 0.15) is 28.8 Å². The van der Waals surface area contributed by atoms with Crippen molar-refractivity contribution in [3.8, 4) is 0 Å². The fraction of sp³-hybridized carbons (Fsp3) is 0.316. The van der Waals surface area contributed by atoms with Crippen molar-refractivity contribution in [1.82, 2.24) is 19.7 Å². The minimum absolute atomic E-state index is 0.0673. The fourth-order valence-corrected chi connectivity index (χ4v) is 3.54. The van der Waals surface area contributed by atoms with Crippen molar-refractivity contribution in [1.29, 1.82) is 0 Å². The number of rotatable bonds is 3. The Bertz CT molecular complexity index is 988. The Labute approximate surface area is 145 Å².